The molecule has 0 unspecified atom stereocenters. The molecule has 1 amide bonds. The lowest BCUT2D eigenvalue weighted by molar-refractivity contribution is 0.102. The number of hydrogen-bond acceptors (Lipinski definition) is 7. The highest BCUT2D eigenvalue weighted by Gasteiger charge is 2.10. The van der Waals surface area contributed by atoms with Crippen molar-refractivity contribution in [2.24, 2.45) is 0 Å². The molecule has 0 aliphatic rings. The summed E-state index contributed by atoms with van der Waals surface area (Å²) in [4.78, 5) is 20.7. The zero-order valence-electron chi connectivity index (χ0n) is 16.2. The van der Waals surface area contributed by atoms with E-state index in [0.29, 0.717) is 36.1 Å². The Balaban J connectivity index is 1.47. The smallest absolute Gasteiger partial charge is 0.258 e. The number of para-hydroxylation sites is 2. The predicted octanol–water partition coefficient (Wildman–Crippen LogP) is 3.24. The molecule has 1 heterocycles. The van der Waals surface area contributed by atoms with Gasteiger partial charge in [-0.2, -0.15) is 0 Å². The second-order valence-corrected chi connectivity index (χ2v) is 5.90. The summed E-state index contributed by atoms with van der Waals surface area (Å²) in [5.74, 6) is 2.20. The minimum absolute atomic E-state index is 0.316. The van der Waals surface area contributed by atoms with E-state index in [4.69, 9.17) is 14.2 Å². The molecule has 3 rings (SSSR count). The number of nitrogens with one attached hydrogen (secondary N) is 2. The fourth-order valence-corrected chi connectivity index (χ4v) is 2.48. The molecule has 3 aromatic rings. The monoisotopic (exact) mass is 394 g/mol. The lowest BCUT2D eigenvalue weighted by Gasteiger charge is -2.10. The zero-order valence-corrected chi connectivity index (χ0v) is 16.2. The van der Waals surface area contributed by atoms with Crippen LogP contribution in [0, 0.1) is 0 Å². The highest BCUT2D eigenvalue weighted by molar-refractivity contribution is 6.04. The first kappa shape index (κ1) is 19.9. The van der Waals surface area contributed by atoms with E-state index in [1.165, 1.54) is 12.4 Å². The van der Waals surface area contributed by atoms with Crippen LogP contribution in [0.25, 0.3) is 0 Å². The molecule has 2 aromatic carbocycles. The van der Waals surface area contributed by atoms with Crippen LogP contribution >= 0.6 is 0 Å². The summed E-state index contributed by atoms with van der Waals surface area (Å²) in [5.41, 5.74) is 0.925. The molecule has 0 aliphatic carbocycles. The van der Waals surface area contributed by atoms with E-state index >= 15 is 0 Å². The number of anilines is 2. The van der Waals surface area contributed by atoms with Gasteiger partial charge in [0.1, 0.15) is 23.9 Å². The van der Waals surface area contributed by atoms with Crippen LogP contribution in [-0.2, 0) is 0 Å². The van der Waals surface area contributed by atoms with Gasteiger partial charge in [-0.15, -0.1) is 0 Å². The minimum atomic E-state index is -0.316. The molecule has 0 radical (unpaired) electrons. The maximum atomic E-state index is 12.4. The number of nitrogens with zero attached hydrogens (tertiary/aromatic N) is 2. The Labute approximate surface area is 168 Å². The largest absolute Gasteiger partial charge is 0.497 e. The van der Waals surface area contributed by atoms with Gasteiger partial charge < -0.3 is 24.8 Å². The number of carbonyl (C=O) groups excluding carboxylic acids is 1. The molecule has 0 saturated heterocycles. The van der Waals surface area contributed by atoms with Crippen molar-refractivity contribution in [3.63, 3.8) is 0 Å². The third-order valence-electron chi connectivity index (χ3n) is 3.98. The topological polar surface area (TPSA) is 94.6 Å². The minimum Gasteiger partial charge on any atom is -0.497 e. The number of rotatable bonds is 9. The molecule has 2 N–H and O–H groups in total. The zero-order chi connectivity index (χ0) is 20.5. The fraction of sp³-hybridized carbons (Fsp3) is 0.190. The summed E-state index contributed by atoms with van der Waals surface area (Å²) in [5, 5.41) is 5.83. The summed E-state index contributed by atoms with van der Waals surface area (Å²) in [6.45, 7) is 0.949. The molecular weight excluding hydrogens is 372 g/mol. The molecule has 8 nitrogen and oxygen atoms in total. The summed E-state index contributed by atoms with van der Waals surface area (Å²) >= 11 is 0. The van der Waals surface area contributed by atoms with E-state index in [-0.39, 0.29) is 5.91 Å². The number of benzene rings is 2. The Hall–Kier alpha value is -3.81. The number of ether oxygens (including phenoxy) is 3. The molecule has 0 saturated carbocycles. The average molecular weight is 394 g/mol. The van der Waals surface area contributed by atoms with Gasteiger partial charge in [0.2, 0.25) is 5.95 Å². The first-order valence-electron chi connectivity index (χ1n) is 8.96. The van der Waals surface area contributed by atoms with E-state index in [2.05, 4.69) is 20.6 Å². The number of hydrogen-bond donors (Lipinski definition) is 2. The first-order valence-corrected chi connectivity index (χ1v) is 8.96. The Morgan fingerprint density at radius 2 is 1.62 bits per heavy atom. The molecule has 0 atom stereocenters. The third kappa shape index (κ3) is 5.58. The Morgan fingerprint density at radius 3 is 2.31 bits per heavy atom. The Bertz CT molecular complexity index is 930. The van der Waals surface area contributed by atoms with Crippen LogP contribution in [0.1, 0.15) is 10.4 Å². The van der Waals surface area contributed by atoms with Gasteiger partial charge in [-0.1, -0.05) is 12.1 Å². The van der Waals surface area contributed by atoms with Crippen LogP contribution in [0.15, 0.2) is 60.9 Å². The van der Waals surface area contributed by atoms with Crippen LogP contribution in [0.2, 0.25) is 0 Å². The molecule has 1 aromatic heterocycles. The summed E-state index contributed by atoms with van der Waals surface area (Å²) in [6.07, 6.45) is 2.93. The summed E-state index contributed by atoms with van der Waals surface area (Å²) in [6, 6.07) is 14.5. The molecule has 0 fully saturated rings. The molecule has 0 spiro atoms. The second kappa shape index (κ2) is 9.93. The number of carbonyl (C=O) groups is 1. The second-order valence-electron chi connectivity index (χ2n) is 5.90. The number of aromatic nitrogens is 2. The summed E-state index contributed by atoms with van der Waals surface area (Å²) in [7, 11) is 3.17. The first-order chi connectivity index (χ1) is 14.2. The van der Waals surface area contributed by atoms with Gasteiger partial charge in [-0.05, 0) is 36.4 Å². The molecule has 150 valence electrons. The summed E-state index contributed by atoms with van der Waals surface area (Å²) < 4.78 is 16.0. The van der Waals surface area contributed by atoms with Gasteiger partial charge in [-0.25, -0.2) is 9.97 Å². The van der Waals surface area contributed by atoms with Crippen LogP contribution in [-0.4, -0.2) is 43.2 Å². The van der Waals surface area contributed by atoms with Crippen molar-refractivity contribution in [2.75, 3.05) is 38.0 Å². The van der Waals surface area contributed by atoms with E-state index < -0.39 is 0 Å². The molecular formula is C21H22N4O4. The van der Waals surface area contributed by atoms with E-state index in [9.17, 15) is 4.79 Å². The fourth-order valence-electron chi connectivity index (χ4n) is 2.48. The quantitative estimate of drug-likeness (QED) is 0.538. The van der Waals surface area contributed by atoms with E-state index in [1.54, 1.807) is 26.4 Å². The Kier molecular flexibility index (Phi) is 6.83. The van der Waals surface area contributed by atoms with Crippen molar-refractivity contribution < 1.29 is 19.0 Å². The van der Waals surface area contributed by atoms with Crippen LogP contribution < -0.4 is 24.8 Å². The van der Waals surface area contributed by atoms with Gasteiger partial charge in [0, 0.05) is 12.4 Å². The van der Waals surface area contributed by atoms with Gasteiger partial charge in [0.05, 0.1) is 32.0 Å². The van der Waals surface area contributed by atoms with Crippen LogP contribution in [0.5, 0.6) is 17.2 Å². The van der Waals surface area contributed by atoms with E-state index in [0.717, 1.165) is 11.5 Å². The third-order valence-corrected chi connectivity index (χ3v) is 3.98. The maximum absolute atomic E-state index is 12.4. The van der Waals surface area contributed by atoms with Crippen LogP contribution in [0.3, 0.4) is 0 Å². The highest BCUT2D eigenvalue weighted by Crippen LogP contribution is 2.23. The average Bonchev–Trinajstić information content (AvgIpc) is 2.78. The number of methoxy groups -OCH3 is 2. The standard InChI is InChI=1S/C21H22N4O4/c1-27-16-7-9-17(10-8-16)29-12-11-22-21-23-13-15(14-24-21)20(26)25-18-5-3-4-6-19(18)28-2/h3-10,13-14H,11-12H2,1-2H3,(H,25,26)(H,22,23,24). The van der Waals surface area contributed by atoms with Crippen LogP contribution in [0.4, 0.5) is 11.6 Å². The molecule has 8 heteroatoms. The van der Waals surface area contributed by atoms with Crippen molar-refractivity contribution in [2.45, 2.75) is 0 Å². The van der Waals surface area contributed by atoms with Crippen molar-refractivity contribution in [3.05, 3.63) is 66.5 Å². The van der Waals surface area contributed by atoms with Crippen molar-refractivity contribution >= 4 is 17.5 Å². The lowest BCUT2D eigenvalue weighted by atomic mass is 10.2. The van der Waals surface area contributed by atoms with Gasteiger partial charge >= 0.3 is 0 Å². The molecule has 29 heavy (non-hydrogen) atoms. The Morgan fingerprint density at radius 1 is 0.931 bits per heavy atom. The van der Waals surface area contributed by atoms with Crippen molar-refractivity contribution in [1.29, 1.82) is 0 Å². The molecule has 0 bridgehead atoms. The van der Waals surface area contributed by atoms with E-state index in [1.807, 2.05) is 36.4 Å². The lowest BCUT2D eigenvalue weighted by Crippen LogP contribution is -2.16. The van der Waals surface area contributed by atoms with Gasteiger partial charge in [-0.3, -0.25) is 4.79 Å². The van der Waals surface area contributed by atoms with Gasteiger partial charge in [0.15, 0.2) is 0 Å². The molecule has 0 aliphatic heterocycles. The van der Waals surface area contributed by atoms with Gasteiger partial charge in [0.25, 0.3) is 5.91 Å². The van der Waals surface area contributed by atoms with Crippen molar-refractivity contribution in [3.8, 4) is 17.2 Å². The predicted molar refractivity (Wildman–Crippen MR) is 110 cm³/mol. The SMILES string of the molecule is COc1ccc(OCCNc2ncc(C(=O)Nc3ccccc3OC)cn2)cc1. The highest BCUT2D eigenvalue weighted by atomic mass is 16.5. The number of amides is 1. The maximum Gasteiger partial charge on any atom is 0.258 e. The van der Waals surface area contributed by atoms with Crippen molar-refractivity contribution in [1.82, 2.24) is 9.97 Å². The normalized spacial score (nSPS) is 10.1.